The monoisotopic (exact) mass is 930 g/mol. The maximum Gasteiger partial charge on any atom is 0.324 e. The van der Waals surface area contributed by atoms with Gasteiger partial charge in [0, 0.05) is 81.0 Å². The number of carbonyl (C=O) groups excluding carboxylic acids is 5. The van der Waals surface area contributed by atoms with E-state index in [4.69, 9.17) is 9.47 Å². The maximum absolute atomic E-state index is 14.8. The molecule has 2 aromatic carbocycles. The zero-order chi connectivity index (χ0) is 48.6. The highest BCUT2D eigenvalue weighted by Gasteiger charge is 2.41. The van der Waals surface area contributed by atoms with Crippen LogP contribution < -0.4 is 10.7 Å². The van der Waals surface area contributed by atoms with E-state index in [1.165, 1.54) is 16.0 Å². The number of methoxy groups -OCH3 is 1. The summed E-state index contributed by atoms with van der Waals surface area (Å²) in [5.41, 5.74) is 9.99. The molecular formula is C53H67N7O8. The molecule has 0 spiro atoms. The molecule has 5 heterocycles. The van der Waals surface area contributed by atoms with Gasteiger partial charge < -0.3 is 34.3 Å². The van der Waals surface area contributed by atoms with Crippen LogP contribution in [0.1, 0.15) is 89.5 Å². The number of phenols is 1. The number of rotatable bonds is 11. The molecule has 8 rings (SSSR count). The van der Waals surface area contributed by atoms with Gasteiger partial charge in [-0.05, 0) is 122 Å². The molecule has 3 fully saturated rings. The van der Waals surface area contributed by atoms with E-state index >= 15 is 0 Å². The molecule has 3 N–H and O–H groups in total. The van der Waals surface area contributed by atoms with Crippen molar-refractivity contribution in [1.29, 1.82) is 0 Å². The molecule has 2 aromatic heterocycles. The summed E-state index contributed by atoms with van der Waals surface area (Å²) in [5.74, 6) is -2.41. The lowest BCUT2D eigenvalue weighted by Gasteiger charge is -2.37. The number of aromatic hydroxyl groups is 1. The average Bonchev–Trinajstić information content (AvgIpc) is 3.95. The third kappa shape index (κ3) is 9.91. The molecule has 6 bridgehead atoms. The zero-order valence-electron chi connectivity index (χ0n) is 40.5. The second kappa shape index (κ2) is 19.9. The van der Waals surface area contributed by atoms with Crippen LogP contribution in [0.2, 0.25) is 0 Å². The molecular weight excluding hydrogens is 863 g/mol. The topological polar surface area (TPSA) is 176 Å². The summed E-state index contributed by atoms with van der Waals surface area (Å²) in [6, 6.07) is 10.7. The Labute approximate surface area is 399 Å². The van der Waals surface area contributed by atoms with Gasteiger partial charge in [0.15, 0.2) is 0 Å². The summed E-state index contributed by atoms with van der Waals surface area (Å²) in [7, 11) is 3.36. The summed E-state index contributed by atoms with van der Waals surface area (Å²) in [6.07, 6.45) is 9.07. The molecule has 2 saturated heterocycles. The smallest absolute Gasteiger partial charge is 0.324 e. The van der Waals surface area contributed by atoms with E-state index in [-0.39, 0.29) is 55.7 Å². The number of phenolic OH excluding ortho intramolecular Hbond substituents is 1. The minimum atomic E-state index is -1.16. The first-order valence-electron chi connectivity index (χ1n) is 24.2. The largest absolute Gasteiger partial charge is 0.508 e. The summed E-state index contributed by atoms with van der Waals surface area (Å²) in [5, 5.41) is 16.8. The molecule has 3 aliphatic heterocycles. The molecule has 1 saturated carbocycles. The van der Waals surface area contributed by atoms with E-state index in [1.807, 2.05) is 38.4 Å². The minimum absolute atomic E-state index is 0.00627. The molecule has 15 nitrogen and oxygen atoms in total. The molecule has 0 unspecified atom stereocenters. The van der Waals surface area contributed by atoms with Gasteiger partial charge in [0.2, 0.25) is 17.7 Å². The van der Waals surface area contributed by atoms with E-state index in [9.17, 15) is 29.1 Å². The second-order valence-electron chi connectivity index (χ2n) is 20.3. The number of hydrogen-bond acceptors (Lipinski definition) is 10. The number of cyclic esters (lactones) is 1. The summed E-state index contributed by atoms with van der Waals surface area (Å²) in [4.78, 5) is 77.2. The molecule has 1 aliphatic carbocycles. The van der Waals surface area contributed by atoms with Crippen LogP contribution in [0.5, 0.6) is 5.75 Å². The minimum Gasteiger partial charge on any atom is -0.508 e. The highest BCUT2D eigenvalue weighted by molar-refractivity contribution is 5.96. The number of likely N-dealkylation sites (tertiary alicyclic amines) is 1. The lowest BCUT2D eigenvalue weighted by molar-refractivity contribution is -0.155. The number of carbonyl (C=O) groups is 5. The number of aromatic nitrogens is 2. The zero-order valence-corrected chi connectivity index (χ0v) is 40.5. The second-order valence-corrected chi connectivity index (χ2v) is 20.3. The molecule has 5 atom stereocenters. The van der Waals surface area contributed by atoms with Crippen LogP contribution in [0.4, 0.5) is 0 Å². The van der Waals surface area contributed by atoms with E-state index in [1.54, 1.807) is 31.2 Å². The number of benzene rings is 2. The number of likely N-dealkylation sites (N-methyl/N-ethyl adjacent to an activating group) is 1. The normalized spacial score (nSPS) is 21.8. The SMILES string of the molecule is C=CC(=O)N1CC[C@H](C(=O)N(C)[C@H](C(=O)N[C@H]2Cc3cc(O)cc(c3)-c3ccc4c(c3)c(c(-c3cnccc3[C@@H](OC)C3CC3)n4CC)CC(C)(C)COC(=O)[C@@H]3CCCN(N3)C2=O)C(C)C)C1. The number of aryl methyl sites for hydroxylation is 1. The Morgan fingerprint density at radius 3 is 2.56 bits per heavy atom. The third-order valence-electron chi connectivity index (χ3n) is 14.3. The quantitative estimate of drug-likeness (QED) is 0.113. The number of ether oxygens (including phenoxy) is 2. The Morgan fingerprint density at radius 2 is 1.85 bits per heavy atom. The Balaban J connectivity index is 1.20. The number of pyridine rings is 1. The average molecular weight is 930 g/mol. The Hall–Kier alpha value is -6.06. The fourth-order valence-corrected chi connectivity index (χ4v) is 10.7. The number of hydrazine groups is 1. The van der Waals surface area contributed by atoms with Crippen molar-refractivity contribution >= 4 is 40.5 Å². The Morgan fingerprint density at radius 1 is 1.07 bits per heavy atom. The summed E-state index contributed by atoms with van der Waals surface area (Å²) >= 11 is 0. The number of fused-ring (bicyclic) bond motifs is 6. The number of amides is 4. The first-order valence-corrected chi connectivity index (χ1v) is 24.2. The summed E-state index contributed by atoms with van der Waals surface area (Å²) in [6.45, 7) is 15.3. The van der Waals surface area contributed by atoms with E-state index < -0.39 is 47.2 Å². The lowest BCUT2D eigenvalue weighted by atomic mass is 9.83. The predicted octanol–water partition coefficient (Wildman–Crippen LogP) is 6.36. The number of nitrogens with zero attached hydrogens (tertiary/aromatic N) is 5. The van der Waals surface area contributed by atoms with Gasteiger partial charge in [-0.1, -0.05) is 46.4 Å². The molecule has 68 heavy (non-hydrogen) atoms. The Kier molecular flexibility index (Phi) is 14.2. The molecule has 4 aliphatic rings. The van der Waals surface area contributed by atoms with Gasteiger partial charge >= 0.3 is 5.97 Å². The van der Waals surface area contributed by atoms with Gasteiger partial charge in [-0.25, -0.2) is 5.43 Å². The van der Waals surface area contributed by atoms with Gasteiger partial charge in [-0.15, -0.1) is 0 Å². The van der Waals surface area contributed by atoms with E-state index in [2.05, 4.69) is 65.8 Å². The van der Waals surface area contributed by atoms with Crippen molar-refractivity contribution in [3.8, 4) is 28.1 Å². The van der Waals surface area contributed by atoms with E-state index in [0.717, 1.165) is 57.3 Å². The maximum atomic E-state index is 14.8. The third-order valence-corrected chi connectivity index (χ3v) is 14.3. The van der Waals surface area contributed by atoms with Crippen LogP contribution in [0, 0.1) is 23.2 Å². The van der Waals surface area contributed by atoms with Crippen molar-refractivity contribution in [2.45, 2.75) is 110 Å². The van der Waals surface area contributed by atoms with Crippen LogP contribution >= 0.6 is 0 Å². The highest BCUT2D eigenvalue weighted by atomic mass is 16.5. The van der Waals surface area contributed by atoms with Crippen LogP contribution in [0.25, 0.3) is 33.3 Å². The van der Waals surface area contributed by atoms with Crippen molar-refractivity contribution in [1.82, 2.24) is 35.1 Å². The fourth-order valence-electron chi connectivity index (χ4n) is 10.7. The van der Waals surface area contributed by atoms with Crippen molar-refractivity contribution in [3.63, 3.8) is 0 Å². The molecule has 4 aromatic rings. The van der Waals surface area contributed by atoms with Crippen LogP contribution in [-0.2, 0) is 52.8 Å². The highest BCUT2D eigenvalue weighted by Crippen LogP contribution is 2.48. The lowest BCUT2D eigenvalue weighted by Crippen LogP contribution is -2.62. The Bertz CT molecular complexity index is 2600. The van der Waals surface area contributed by atoms with Gasteiger partial charge in [0.05, 0.1) is 24.3 Å². The number of nitrogens with one attached hydrogen (secondary N) is 2. The first-order chi connectivity index (χ1) is 32.5. The standard InChI is InChI=1S/C53H67N7O8/c1-9-45(62)58-21-18-35(29-58)50(64)57(7)46(31(3)4)49(63)55-43-24-32-22-36(25-37(61)23-32)34-15-16-44-39(26-34)40(27-53(5,6)30-68-52(66)42-12-11-20-60(56-42)51(43)65)47(59(44)10-2)41-28-54-19-17-38(41)48(67-8)33-13-14-33/h9,15-17,19,22-23,25-26,28,31,33,35,42-43,46,48,56,61H,1,10-14,18,20-21,24,27,29-30H2,2-8H3,(H,55,63)/t35-,42-,43-,46-,48-/m0/s1. The van der Waals surface area contributed by atoms with Crippen molar-refractivity contribution < 1.29 is 38.6 Å². The molecule has 4 amide bonds. The van der Waals surface area contributed by atoms with E-state index in [0.29, 0.717) is 50.3 Å². The molecule has 362 valence electrons. The predicted molar refractivity (Wildman–Crippen MR) is 259 cm³/mol. The number of hydrogen-bond donors (Lipinski definition) is 3. The van der Waals surface area contributed by atoms with Crippen LogP contribution in [0.3, 0.4) is 0 Å². The molecule has 15 heteroatoms. The van der Waals surface area contributed by atoms with Crippen molar-refractivity contribution in [2.75, 3.05) is 40.4 Å². The van der Waals surface area contributed by atoms with Gasteiger partial charge in [-0.3, -0.25) is 34.0 Å². The van der Waals surface area contributed by atoms with Gasteiger partial charge in [0.25, 0.3) is 5.91 Å². The van der Waals surface area contributed by atoms with Crippen LogP contribution in [-0.4, -0.2) is 118 Å². The van der Waals surface area contributed by atoms with Crippen molar-refractivity contribution in [3.05, 3.63) is 84.2 Å². The van der Waals surface area contributed by atoms with Crippen molar-refractivity contribution in [2.24, 2.45) is 23.2 Å². The fraction of sp³-hybridized carbons (Fsp3) is 0.509. The number of esters is 1. The van der Waals surface area contributed by atoms with Gasteiger partial charge in [-0.2, -0.15) is 0 Å². The van der Waals surface area contributed by atoms with Gasteiger partial charge in [0.1, 0.15) is 23.9 Å². The first kappa shape index (κ1) is 48.4. The van der Waals surface area contributed by atoms with Crippen LogP contribution in [0.15, 0.2) is 67.5 Å². The summed E-state index contributed by atoms with van der Waals surface area (Å²) < 4.78 is 14.6. The molecule has 0 radical (unpaired) electrons.